The fraction of sp³-hybridized carbons (Fsp3) is 0.571. The molecule has 0 radical (unpaired) electrons. The van der Waals surface area contributed by atoms with Gasteiger partial charge in [0.05, 0.1) is 5.56 Å². The van der Waals surface area contributed by atoms with Crippen LogP contribution in [0.15, 0.2) is 12.1 Å². The molecule has 0 unspecified atom stereocenters. The molecule has 3 amide bonds. The Balaban J connectivity index is 1.70. The van der Waals surface area contributed by atoms with Crippen molar-refractivity contribution in [2.24, 2.45) is 5.92 Å². The van der Waals surface area contributed by atoms with E-state index in [-0.39, 0.29) is 24.8 Å². The lowest BCUT2D eigenvalue weighted by molar-refractivity contribution is -0.121. The zero-order valence-electron chi connectivity index (χ0n) is 17.9. The van der Waals surface area contributed by atoms with Crippen LogP contribution in [0.25, 0.3) is 0 Å². The van der Waals surface area contributed by atoms with E-state index >= 15 is 0 Å². The van der Waals surface area contributed by atoms with Crippen molar-refractivity contribution in [2.45, 2.75) is 45.6 Å². The molecule has 1 saturated heterocycles. The number of benzene rings is 1. The average Bonchev–Trinajstić information content (AvgIpc) is 2.69. The summed E-state index contributed by atoms with van der Waals surface area (Å²) in [4.78, 5) is 37.2. The number of hydrogen-bond donors (Lipinski definition) is 2. The van der Waals surface area contributed by atoms with E-state index in [0.29, 0.717) is 32.5 Å². The molecule has 0 atom stereocenters. The number of carbonyl (C=O) groups is 3. The summed E-state index contributed by atoms with van der Waals surface area (Å²) < 4.78 is 45.3. The first-order chi connectivity index (χ1) is 14.5. The molecule has 0 aromatic heterocycles. The lowest BCUT2D eigenvalue weighted by atomic mass is 9.96. The number of halogens is 3. The molecule has 1 aliphatic rings. The van der Waals surface area contributed by atoms with Crippen molar-refractivity contribution in [1.82, 2.24) is 15.5 Å². The molecular formula is C21H28F3N3O4. The van der Waals surface area contributed by atoms with Gasteiger partial charge in [-0.15, -0.1) is 0 Å². The Morgan fingerprint density at radius 3 is 2.32 bits per heavy atom. The van der Waals surface area contributed by atoms with E-state index in [2.05, 4.69) is 10.6 Å². The van der Waals surface area contributed by atoms with Crippen molar-refractivity contribution >= 4 is 17.9 Å². The summed E-state index contributed by atoms with van der Waals surface area (Å²) in [6.07, 6.45) is 0.669. The predicted octanol–water partition coefficient (Wildman–Crippen LogP) is 2.99. The number of rotatable bonds is 6. The van der Waals surface area contributed by atoms with Gasteiger partial charge in [0.15, 0.2) is 17.5 Å². The predicted molar refractivity (Wildman–Crippen MR) is 107 cm³/mol. The molecule has 1 aromatic rings. The number of amides is 3. The third kappa shape index (κ3) is 7.45. The van der Waals surface area contributed by atoms with E-state index in [9.17, 15) is 27.6 Å². The minimum absolute atomic E-state index is 0.103. The summed E-state index contributed by atoms with van der Waals surface area (Å²) in [5, 5.41) is 5.29. The smallest absolute Gasteiger partial charge is 0.407 e. The molecule has 0 bridgehead atoms. The SMILES string of the molecule is CC(C)(C)OC(=O)NCCC(=O)NCC1CCN(C(=O)c2ccc(F)c(F)c2F)CC1. The van der Waals surface area contributed by atoms with Crippen LogP contribution in [-0.2, 0) is 9.53 Å². The van der Waals surface area contributed by atoms with Gasteiger partial charge in [-0.3, -0.25) is 9.59 Å². The number of nitrogens with zero attached hydrogens (tertiary/aromatic N) is 1. The number of carbonyl (C=O) groups excluding carboxylic acids is 3. The van der Waals surface area contributed by atoms with Crippen LogP contribution in [0.5, 0.6) is 0 Å². The van der Waals surface area contributed by atoms with E-state index in [1.165, 1.54) is 4.90 Å². The quantitative estimate of drug-likeness (QED) is 0.662. The van der Waals surface area contributed by atoms with Crippen LogP contribution in [0.3, 0.4) is 0 Å². The maximum atomic E-state index is 13.8. The summed E-state index contributed by atoms with van der Waals surface area (Å²) in [6, 6.07) is 1.67. The standard InChI is InChI=1S/C21H28F3N3O4/c1-21(2,3)31-20(30)25-9-6-16(28)26-12-13-7-10-27(11-8-13)19(29)14-4-5-15(22)18(24)17(14)23/h4-5,13H,6-12H2,1-3H3,(H,25,30)(H,26,28). The van der Waals surface area contributed by atoms with Crippen molar-refractivity contribution in [1.29, 1.82) is 0 Å². The van der Waals surface area contributed by atoms with E-state index in [1.807, 2.05) is 0 Å². The van der Waals surface area contributed by atoms with Gasteiger partial charge in [0, 0.05) is 32.6 Å². The Morgan fingerprint density at radius 2 is 1.71 bits per heavy atom. The van der Waals surface area contributed by atoms with Gasteiger partial charge in [-0.2, -0.15) is 0 Å². The van der Waals surface area contributed by atoms with Crippen LogP contribution < -0.4 is 10.6 Å². The highest BCUT2D eigenvalue weighted by Crippen LogP contribution is 2.21. The van der Waals surface area contributed by atoms with Crippen molar-refractivity contribution in [3.8, 4) is 0 Å². The van der Waals surface area contributed by atoms with E-state index < -0.39 is 40.6 Å². The van der Waals surface area contributed by atoms with Crippen LogP contribution in [0.1, 0.15) is 50.4 Å². The summed E-state index contributed by atoms with van der Waals surface area (Å²) >= 11 is 0. The lowest BCUT2D eigenvalue weighted by Crippen LogP contribution is -2.42. The summed E-state index contributed by atoms with van der Waals surface area (Å²) in [5.74, 6) is -5.28. The van der Waals surface area contributed by atoms with Gasteiger partial charge in [-0.05, 0) is 51.7 Å². The maximum Gasteiger partial charge on any atom is 0.407 e. The second kappa shape index (κ2) is 10.5. The van der Waals surface area contributed by atoms with E-state index in [1.54, 1.807) is 20.8 Å². The monoisotopic (exact) mass is 443 g/mol. The fourth-order valence-corrected chi connectivity index (χ4v) is 3.14. The third-order valence-electron chi connectivity index (χ3n) is 4.78. The molecule has 0 aliphatic carbocycles. The van der Waals surface area contributed by atoms with Crippen molar-refractivity contribution in [3.05, 3.63) is 35.1 Å². The number of likely N-dealkylation sites (tertiary alicyclic amines) is 1. The van der Waals surface area contributed by atoms with Crippen LogP contribution >= 0.6 is 0 Å². The van der Waals surface area contributed by atoms with Gasteiger partial charge in [0.2, 0.25) is 5.91 Å². The van der Waals surface area contributed by atoms with Crippen LogP contribution in [0.4, 0.5) is 18.0 Å². The van der Waals surface area contributed by atoms with Crippen molar-refractivity contribution in [2.75, 3.05) is 26.2 Å². The van der Waals surface area contributed by atoms with Gasteiger partial charge >= 0.3 is 6.09 Å². The number of nitrogens with one attached hydrogen (secondary N) is 2. The molecule has 31 heavy (non-hydrogen) atoms. The van der Waals surface area contributed by atoms with Crippen molar-refractivity contribution < 1.29 is 32.3 Å². The van der Waals surface area contributed by atoms with Crippen LogP contribution in [0, 0.1) is 23.4 Å². The Labute approximate surface area is 179 Å². The van der Waals surface area contributed by atoms with Gasteiger partial charge < -0.3 is 20.3 Å². The third-order valence-corrected chi connectivity index (χ3v) is 4.78. The van der Waals surface area contributed by atoms with Crippen LogP contribution in [-0.4, -0.2) is 54.6 Å². The molecule has 2 N–H and O–H groups in total. The highest BCUT2D eigenvalue weighted by molar-refractivity contribution is 5.94. The number of alkyl carbamates (subject to hydrolysis) is 1. The first kappa shape index (κ1) is 24.5. The zero-order chi connectivity index (χ0) is 23.2. The molecular weight excluding hydrogens is 415 g/mol. The molecule has 1 heterocycles. The maximum absolute atomic E-state index is 13.8. The molecule has 172 valence electrons. The average molecular weight is 443 g/mol. The molecule has 0 saturated carbocycles. The van der Waals surface area contributed by atoms with Gasteiger partial charge in [0.25, 0.3) is 5.91 Å². The highest BCUT2D eigenvalue weighted by Gasteiger charge is 2.27. The molecule has 2 rings (SSSR count). The molecule has 7 nitrogen and oxygen atoms in total. The Morgan fingerprint density at radius 1 is 1.06 bits per heavy atom. The van der Waals surface area contributed by atoms with Crippen molar-refractivity contribution in [3.63, 3.8) is 0 Å². The Hall–Kier alpha value is -2.78. The lowest BCUT2D eigenvalue weighted by Gasteiger charge is -2.32. The van der Waals surface area contributed by atoms with E-state index in [0.717, 1.165) is 12.1 Å². The second-order valence-electron chi connectivity index (χ2n) is 8.44. The van der Waals surface area contributed by atoms with E-state index in [4.69, 9.17) is 4.74 Å². The number of piperidine rings is 1. The topological polar surface area (TPSA) is 87.7 Å². The first-order valence-electron chi connectivity index (χ1n) is 10.1. The molecule has 10 heteroatoms. The van der Waals surface area contributed by atoms with Crippen LogP contribution in [0.2, 0.25) is 0 Å². The Kier molecular flexibility index (Phi) is 8.29. The zero-order valence-corrected chi connectivity index (χ0v) is 17.9. The Bertz CT molecular complexity index is 819. The van der Waals surface area contributed by atoms with Gasteiger partial charge in [-0.1, -0.05) is 0 Å². The van der Waals surface area contributed by atoms with Gasteiger partial charge in [-0.25, -0.2) is 18.0 Å². The molecule has 1 fully saturated rings. The number of hydrogen-bond acceptors (Lipinski definition) is 4. The summed E-state index contributed by atoms with van der Waals surface area (Å²) in [6.45, 7) is 6.42. The summed E-state index contributed by atoms with van der Waals surface area (Å²) in [5.41, 5.74) is -1.11. The minimum Gasteiger partial charge on any atom is -0.444 e. The minimum atomic E-state index is -1.66. The first-order valence-corrected chi connectivity index (χ1v) is 10.1. The van der Waals surface area contributed by atoms with Gasteiger partial charge in [0.1, 0.15) is 5.60 Å². The fourth-order valence-electron chi connectivity index (χ4n) is 3.14. The molecule has 0 spiro atoms. The summed E-state index contributed by atoms with van der Waals surface area (Å²) in [7, 11) is 0. The molecule has 1 aromatic carbocycles. The second-order valence-corrected chi connectivity index (χ2v) is 8.44. The largest absolute Gasteiger partial charge is 0.444 e. The normalized spacial score (nSPS) is 14.8. The highest BCUT2D eigenvalue weighted by atomic mass is 19.2. The molecule has 1 aliphatic heterocycles. The number of ether oxygens (including phenoxy) is 1.